The second-order valence-corrected chi connectivity index (χ2v) is 5.33. The zero-order chi connectivity index (χ0) is 13.4. The number of anilines is 1. The molecule has 2 aromatic heterocycles. The molecule has 0 bridgehead atoms. The van der Waals surface area contributed by atoms with Crippen LogP contribution in [-0.2, 0) is 0 Å². The summed E-state index contributed by atoms with van der Waals surface area (Å²) >= 11 is 1.52. The lowest BCUT2D eigenvalue weighted by Gasteiger charge is -2.15. The maximum Gasteiger partial charge on any atom is 0.330 e. The largest absolute Gasteiger partial charge is 0.385 e. The summed E-state index contributed by atoms with van der Waals surface area (Å²) in [7, 11) is 0. The zero-order valence-electron chi connectivity index (χ0n) is 10.4. The Morgan fingerprint density at radius 1 is 1.44 bits per heavy atom. The molecule has 1 unspecified atom stereocenters. The molecule has 7 heteroatoms. The van der Waals surface area contributed by atoms with E-state index in [4.69, 9.17) is 5.73 Å². The second-order valence-electron chi connectivity index (χ2n) is 4.09. The topological polar surface area (TPSA) is 93.8 Å². The Balaban J connectivity index is 2.60. The van der Waals surface area contributed by atoms with E-state index < -0.39 is 11.2 Å². The van der Waals surface area contributed by atoms with Gasteiger partial charge in [-0.1, -0.05) is 0 Å². The monoisotopic (exact) mass is 266 g/mol. The molecule has 6 nitrogen and oxygen atoms in total. The second kappa shape index (κ2) is 4.41. The van der Waals surface area contributed by atoms with Crippen LogP contribution in [0.5, 0.6) is 0 Å². The predicted molar refractivity (Wildman–Crippen MR) is 71.1 cm³/mol. The molecule has 1 atom stereocenters. The quantitative estimate of drug-likeness (QED) is 0.840. The van der Waals surface area contributed by atoms with E-state index in [0.717, 1.165) is 15.6 Å². The van der Waals surface area contributed by atoms with Gasteiger partial charge in [0, 0.05) is 6.07 Å². The van der Waals surface area contributed by atoms with Crippen LogP contribution in [0.4, 0.5) is 5.82 Å². The highest BCUT2D eigenvalue weighted by molar-refractivity contribution is 7.11. The molecule has 0 saturated heterocycles. The summed E-state index contributed by atoms with van der Waals surface area (Å²) < 4.78 is 1.36. The molecule has 0 radical (unpaired) electrons. The van der Waals surface area contributed by atoms with Gasteiger partial charge in [-0.25, -0.2) is 9.78 Å². The number of hydrogen-bond donors (Lipinski definition) is 2. The molecule has 2 aromatic rings. The fourth-order valence-electron chi connectivity index (χ4n) is 1.97. The third kappa shape index (κ3) is 2.08. The van der Waals surface area contributed by atoms with E-state index in [1.54, 1.807) is 0 Å². The average Bonchev–Trinajstić information content (AvgIpc) is 2.56. The van der Waals surface area contributed by atoms with Crippen molar-refractivity contribution in [3.8, 4) is 0 Å². The first-order chi connectivity index (χ1) is 8.40. The number of aromatic amines is 1. The van der Waals surface area contributed by atoms with Gasteiger partial charge in [-0.05, 0) is 20.8 Å². The number of aromatic nitrogens is 3. The number of nitrogen functional groups attached to an aromatic ring is 1. The Morgan fingerprint density at radius 3 is 2.61 bits per heavy atom. The highest BCUT2D eigenvalue weighted by Gasteiger charge is 2.18. The van der Waals surface area contributed by atoms with Crippen LogP contribution in [-0.4, -0.2) is 14.5 Å². The highest BCUT2D eigenvalue weighted by atomic mass is 32.1. The third-order valence-electron chi connectivity index (χ3n) is 2.71. The fourth-order valence-corrected chi connectivity index (χ4v) is 2.94. The maximum absolute atomic E-state index is 11.8. The lowest BCUT2D eigenvalue weighted by molar-refractivity contribution is 0.609. The number of hydrogen-bond acceptors (Lipinski definition) is 5. The molecule has 0 aromatic carbocycles. The van der Waals surface area contributed by atoms with Crippen LogP contribution in [0, 0.1) is 13.8 Å². The molecular formula is C11H14N4O2S. The molecule has 18 heavy (non-hydrogen) atoms. The third-order valence-corrected chi connectivity index (χ3v) is 3.96. The van der Waals surface area contributed by atoms with Crippen LogP contribution >= 0.6 is 11.3 Å². The summed E-state index contributed by atoms with van der Waals surface area (Å²) in [5.41, 5.74) is 5.63. The highest BCUT2D eigenvalue weighted by Crippen LogP contribution is 2.27. The molecule has 2 heterocycles. The minimum Gasteiger partial charge on any atom is -0.385 e. The van der Waals surface area contributed by atoms with Crippen LogP contribution in [0.25, 0.3) is 0 Å². The molecule has 0 aliphatic heterocycles. The molecule has 0 aliphatic rings. The van der Waals surface area contributed by atoms with Gasteiger partial charge in [-0.15, -0.1) is 11.3 Å². The summed E-state index contributed by atoms with van der Waals surface area (Å²) in [6.45, 7) is 5.66. The Bertz CT molecular complexity index is 698. The molecule has 0 fully saturated rings. The lowest BCUT2D eigenvalue weighted by atomic mass is 10.2. The molecule has 3 N–H and O–H groups in total. The molecule has 0 amide bonds. The summed E-state index contributed by atoms with van der Waals surface area (Å²) in [4.78, 5) is 30.4. The Kier molecular flexibility index (Phi) is 3.08. The van der Waals surface area contributed by atoms with E-state index in [0.29, 0.717) is 0 Å². The van der Waals surface area contributed by atoms with Crippen molar-refractivity contribution in [3.63, 3.8) is 0 Å². The minimum atomic E-state index is -0.502. The van der Waals surface area contributed by atoms with Gasteiger partial charge in [0.15, 0.2) is 0 Å². The standard InChI is InChI=1S/C11H14N4O2S/c1-5-10(18-7(3)13-5)6(2)15-8(12)4-9(16)14-11(15)17/h4,6H,12H2,1-3H3,(H,14,16,17). The van der Waals surface area contributed by atoms with Crippen LogP contribution in [0.2, 0.25) is 0 Å². The van der Waals surface area contributed by atoms with Crippen molar-refractivity contribution in [1.29, 1.82) is 0 Å². The molecule has 96 valence electrons. The summed E-state index contributed by atoms with van der Waals surface area (Å²) in [5, 5.41) is 0.936. The van der Waals surface area contributed by atoms with E-state index in [-0.39, 0.29) is 11.9 Å². The first-order valence-electron chi connectivity index (χ1n) is 5.45. The van der Waals surface area contributed by atoms with Crippen molar-refractivity contribution in [2.45, 2.75) is 26.8 Å². The van der Waals surface area contributed by atoms with Gasteiger partial charge in [0.25, 0.3) is 5.56 Å². The smallest absolute Gasteiger partial charge is 0.330 e. The number of aryl methyl sites for hydroxylation is 2. The van der Waals surface area contributed by atoms with E-state index in [9.17, 15) is 9.59 Å². The average molecular weight is 266 g/mol. The molecule has 2 rings (SSSR count). The number of thiazole rings is 1. The van der Waals surface area contributed by atoms with Gasteiger partial charge in [-0.3, -0.25) is 14.3 Å². The fraction of sp³-hybridized carbons (Fsp3) is 0.364. The number of H-pyrrole nitrogens is 1. The first-order valence-corrected chi connectivity index (χ1v) is 6.27. The van der Waals surface area contributed by atoms with Crippen molar-refractivity contribution in [1.82, 2.24) is 14.5 Å². The summed E-state index contributed by atoms with van der Waals surface area (Å²) in [5.74, 6) is 0.154. The minimum absolute atomic E-state index is 0.154. The van der Waals surface area contributed by atoms with Crippen molar-refractivity contribution in [3.05, 3.63) is 42.5 Å². The Hall–Kier alpha value is -1.89. The summed E-state index contributed by atoms with van der Waals surface area (Å²) in [6.07, 6.45) is 0. The van der Waals surface area contributed by atoms with Crippen molar-refractivity contribution < 1.29 is 0 Å². The van der Waals surface area contributed by atoms with E-state index in [2.05, 4.69) is 9.97 Å². The van der Waals surface area contributed by atoms with Gasteiger partial charge in [0.05, 0.1) is 21.6 Å². The number of rotatable bonds is 2. The zero-order valence-corrected chi connectivity index (χ0v) is 11.2. The van der Waals surface area contributed by atoms with Crippen molar-refractivity contribution in [2.24, 2.45) is 0 Å². The van der Waals surface area contributed by atoms with Gasteiger partial charge < -0.3 is 5.73 Å². The van der Waals surface area contributed by atoms with Gasteiger partial charge >= 0.3 is 5.69 Å². The number of nitrogens with two attached hydrogens (primary N) is 1. The van der Waals surface area contributed by atoms with E-state index in [1.807, 2.05) is 20.8 Å². The van der Waals surface area contributed by atoms with Gasteiger partial charge in [0.2, 0.25) is 0 Å². The predicted octanol–water partition coefficient (Wildman–Crippen LogP) is 0.801. The van der Waals surface area contributed by atoms with Gasteiger partial charge in [0.1, 0.15) is 5.82 Å². The molecule has 0 saturated carbocycles. The van der Waals surface area contributed by atoms with Crippen LogP contribution in [0.1, 0.15) is 28.5 Å². The van der Waals surface area contributed by atoms with Crippen molar-refractivity contribution >= 4 is 17.2 Å². The Morgan fingerprint density at radius 2 is 2.11 bits per heavy atom. The number of nitrogens with one attached hydrogen (secondary N) is 1. The van der Waals surface area contributed by atoms with Crippen LogP contribution < -0.4 is 17.0 Å². The maximum atomic E-state index is 11.8. The lowest BCUT2D eigenvalue weighted by Crippen LogP contribution is -2.33. The summed E-state index contributed by atoms with van der Waals surface area (Å²) in [6, 6.07) is 0.960. The van der Waals surface area contributed by atoms with Crippen LogP contribution in [0.15, 0.2) is 15.7 Å². The molecule has 0 aliphatic carbocycles. The molecular weight excluding hydrogens is 252 g/mol. The van der Waals surface area contributed by atoms with Crippen molar-refractivity contribution in [2.75, 3.05) is 5.73 Å². The molecule has 0 spiro atoms. The number of nitrogens with zero attached hydrogens (tertiary/aromatic N) is 2. The normalized spacial score (nSPS) is 12.6. The van der Waals surface area contributed by atoms with Crippen LogP contribution in [0.3, 0.4) is 0 Å². The Labute approximate surface area is 107 Å². The van der Waals surface area contributed by atoms with E-state index in [1.165, 1.54) is 22.0 Å². The first kappa shape index (κ1) is 12.6. The van der Waals surface area contributed by atoms with E-state index >= 15 is 0 Å². The SMILES string of the molecule is Cc1nc(C)c(C(C)n2c(N)cc(=O)[nH]c2=O)s1. The van der Waals surface area contributed by atoms with Gasteiger partial charge in [-0.2, -0.15) is 0 Å².